The molecule has 0 saturated heterocycles. The SMILES string of the molecule is CCC1(C(Cl)c2ccc(OC)c3ccccc23)CCCC1. The van der Waals surface area contributed by atoms with Gasteiger partial charge in [0.05, 0.1) is 12.5 Å². The molecule has 1 saturated carbocycles. The average Bonchev–Trinajstić information content (AvgIpc) is 3.03. The molecular weight excluding hydrogens is 280 g/mol. The minimum absolute atomic E-state index is 0.0841. The highest BCUT2D eigenvalue weighted by molar-refractivity contribution is 6.22. The third kappa shape index (κ3) is 2.42. The van der Waals surface area contributed by atoms with Gasteiger partial charge in [-0.15, -0.1) is 11.6 Å². The predicted molar refractivity (Wildman–Crippen MR) is 90.3 cm³/mol. The summed E-state index contributed by atoms with van der Waals surface area (Å²) in [6, 6.07) is 12.7. The van der Waals surface area contributed by atoms with Gasteiger partial charge in [-0.05, 0) is 41.7 Å². The summed E-state index contributed by atoms with van der Waals surface area (Å²) in [5.41, 5.74) is 1.52. The van der Waals surface area contributed by atoms with Crippen LogP contribution in [0.15, 0.2) is 36.4 Å². The van der Waals surface area contributed by atoms with Crippen molar-refractivity contribution in [3.63, 3.8) is 0 Å². The fraction of sp³-hybridized carbons (Fsp3) is 0.474. The van der Waals surface area contributed by atoms with Crippen LogP contribution in [0.2, 0.25) is 0 Å². The zero-order valence-corrected chi connectivity index (χ0v) is 13.6. The van der Waals surface area contributed by atoms with Crippen LogP contribution in [0, 0.1) is 5.41 Å². The van der Waals surface area contributed by atoms with Gasteiger partial charge in [0.2, 0.25) is 0 Å². The minimum Gasteiger partial charge on any atom is -0.496 e. The van der Waals surface area contributed by atoms with Crippen LogP contribution in [0.1, 0.15) is 50.0 Å². The Labute approximate surface area is 132 Å². The second kappa shape index (κ2) is 5.88. The van der Waals surface area contributed by atoms with Crippen LogP contribution in [0.25, 0.3) is 10.8 Å². The van der Waals surface area contributed by atoms with Crippen LogP contribution in [0.3, 0.4) is 0 Å². The molecule has 0 N–H and O–H groups in total. The summed E-state index contributed by atoms with van der Waals surface area (Å²) in [4.78, 5) is 0. The fourth-order valence-electron chi connectivity index (χ4n) is 3.89. The lowest BCUT2D eigenvalue weighted by atomic mass is 9.76. The van der Waals surface area contributed by atoms with Crippen LogP contribution < -0.4 is 4.74 Å². The van der Waals surface area contributed by atoms with E-state index < -0.39 is 0 Å². The zero-order valence-electron chi connectivity index (χ0n) is 12.9. The first-order chi connectivity index (χ1) is 10.2. The first kappa shape index (κ1) is 14.7. The van der Waals surface area contributed by atoms with E-state index in [0.717, 1.165) is 17.6 Å². The van der Waals surface area contributed by atoms with Crippen LogP contribution in [0.4, 0.5) is 0 Å². The van der Waals surface area contributed by atoms with Crippen LogP contribution in [-0.2, 0) is 0 Å². The molecule has 0 heterocycles. The van der Waals surface area contributed by atoms with E-state index in [1.54, 1.807) is 7.11 Å². The molecule has 0 amide bonds. The Kier molecular flexibility index (Phi) is 4.12. The number of rotatable bonds is 4. The van der Waals surface area contributed by atoms with E-state index >= 15 is 0 Å². The lowest BCUT2D eigenvalue weighted by Crippen LogP contribution is -2.21. The van der Waals surface area contributed by atoms with Gasteiger partial charge in [0.25, 0.3) is 0 Å². The van der Waals surface area contributed by atoms with Crippen LogP contribution in [0.5, 0.6) is 5.75 Å². The lowest BCUT2D eigenvalue weighted by Gasteiger charge is -2.34. The smallest absolute Gasteiger partial charge is 0.126 e. The van der Waals surface area contributed by atoms with Gasteiger partial charge in [-0.1, -0.05) is 50.1 Å². The first-order valence-corrected chi connectivity index (χ1v) is 8.35. The molecule has 1 nitrogen and oxygen atoms in total. The number of benzene rings is 2. The third-order valence-electron chi connectivity index (χ3n) is 5.25. The number of alkyl halides is 1. The zero-order chi connectivity index (χ0) is 14.9. The van der Waals surface area contributed by atoms with Gasteiger partial charge in [-0.2, -0.15) is 0 Å². The maximum absolute atomic E-state index is 7.00. The average molecular weight is 303 g/mol. The van der Waals surface area contributed by atoms with Gasteiger partial charge < -0.3 is 4.74 Å². The molecule has 1 fully saturated rings. The molecule has 112 valence electrons. The number of hydrogen-bond acceptors (Lipinski definition) is 1. The Morgan fingerprint density at radius 3 is 2.38 bits per heavy atom. The van der Waals surface area contributed by atoms with Gasteiger partial charge in [0.15, 0.2) is 0 Å². The van der Waals surface area contributed by atoms with Gasteiger partial charge in [-0.3, -0.25) is 0 Å². The van der Waals surface area contributed by atoms with E-state index in [4.69, 9.17) is 16.3 Å². The number of methoxy groups -OCH3 is 1. The van der Waals surface area contributed by atoms with E-state index in [1.165, 1.54) is 36.6 Å². The normalized spacial score (nSPS) is 18.8. The fourth-order valence-corrected chi connectivity index (χ4v) is 4.45. The quantitative estimate of drug-likeness (QED) is 0.620. The van der Waals surface area contributed by atoms with Crippen molar-refractivity contribution in [3.05, 3.63) is 42.0 Å². The Morgan fingerprint density at radius 1 is 1.10 bits per heavy atom. The molecule has 0 radical (unpaired) electrons. The van der Waals surface area contributed by atoms with E-state index in [2.05, 4.69) is 43.3 Å². The van der Waals surface area contributed by atoms with Crippen molar-refractivity contribution in [2.24, 2.45) is 5.41 Å². The molecule has 2 heteroatoms. The lowest BCUT2D eigenvalue weighted by molar-refractivity contribution is 0.272. The molecule has 2 aromatic carbocycles. The van der Waals surface area contributed by atoms with Crippen molar-refractivity contribution in [2.75, 3.05) is 7.11 Å². The van der Waals surface area contributed by atoms with Gasteiger partial charge in [0, 0.05) is 5.39 Å². The summed E-state index contributed by atoms with van der Waals surface area (Å²) in [6.45, 7) is 2.28. The number of fused-ring (bicyclic) bond motifs is 1. The molecule has 0 aliphatic heterocycles. The molecule has 1 aliphatic rings. The molecular formula is C19H23ClO. The molecule has 1 atom stereocenters. The second-order valence-electron chi connectivity index (χ2n) is 6.19. The molecule has 1 unspecified atom stereocenters. The predicted octanol–water partition coefficient (Wildman–Crippen LogP) is 6.10. The van der Waals surface area contributed by atoms with E-state index in [9.17, 15) is 0 Å². The third-order valence-corrected chi connectivity index (χ3v) is 5.95. The Bertz CT molecular complexity index is 628. The van der Waals surface area contributed by atoms with Crippen molar-refractivity contribution in [2.45, 2.75) is 44.4 Å². The monoisotopic (exact) mass is 302 g/mol. The Morgan fingerprint density at radius 2 is 1.76 bits per heavy atom. The topological polar surface area (TPSA) is 9.23 Å². The highest BCUT2D eigenvalue weighted by atomic mass is 35.5. The number of ether oxygens (including phenoxy) is 1. The highest BCUT2D eigenvalue weighted by Crippen LogP contribution is 2.54. The largest absolute Gasteiger partial charge is 0.496 e. The molecule has 21 heavy (non-hydrogen) atoms. The van der Waals surface area contributed by atoms with Crippen LogP contribution in [-0.4, -0.2) is 7.11 Å². The Hall–Kier alpha value is -1.21. The summed E-state index contributed by atoms with van der Waals surface area (Å²) in [5, 5.41) is 2.48. The molecule has 0 spiro atoms. The van der Waals surface area contributed by atoms with Crippen molar-refractivity contribution in [1.82, 2.24) is 0 Å². The van der Waals surface area contributed by atoms with E-state index in [1.807, 2.05) is 0 Å². The molecule has 3 rings (SSSR count). The summed E-state index contributed by atoms with van der Waals surface area (Å²) in [5.74, 6) is 0.926. The van der Waals surface area contributed by atoms with E-state index in [-0.39, 0.29) is 10.8 Å². The highest BCUT2D eigenvalue weighted by Gasteiger charge is 2.40. The van der Waals surface area contributed by atoms with Gasteiger partial charge in [-0.25, -0.2) is 0 Å². The maximum Gasteiger partial charge on any atom is 0.126 e. The van der Waals surface area contributed by atoms with Crippen molar-refractivity contribution in [3.8, 4) is 5.75 Å². The van der Waals surface area contributed by atoms with Crippen LogP contribution >= 0.6 is 11.6 Å². The minimum atomic E-state index is 0.0841. The number of hydrogen-bond donors (Lipinski definition) is 0. The Balaban J connectivity index is 2.12. The van der Waals surface area contributed by atoms with E-state index in [0.29, 0.717) is 0 Å². The summed E-state index contributed by atoms with van der Waals surface area (Å²) in [7, 11) is 1.73. The summed E-state index contributed by atoms with van der Waals surface area (Å²) < 4.78 is 5.50. The molecule has 0 aromatic heterocycles. The standard InChI is InChI=1S/C19H23ClO/c1-3-19(12-6-7-13-19)18(20)16-10-11-17(21-2)15-9-5-4-8-14(15)16/h4-5,8-11,18H,3,6-7,12-13H2,1-2H3. The maximum atomic E-state index is 7.00. The second-order valence-corrected chi connectivity index (χ2v) is 6.62. The summed E-state index contributed by atoms with van der Waals surface area (Å²) in [6.07, 6.45) is 6.27. The van der Waals surface area contributed by atoms with Crippen molar-refractivity contribution >= 4 is 22.4 Å². The van der Waals surface area contributed by atoms with Gasteiger partial charge in [0.1, 0.15) is 5.75 Å². The summed E-state index contributed by atoms with van der Waals surface area (Å²) >= 11 is 7.00. The molecule has 2 aromatic rings. The first-order valence-electron chi connectivity index (χ1n) is 7.91. The van der Waals surface area contributed by atoms with Gasteiger partial charge >= 0.3 is 0 Å². The number of halogens is 1. The molecule has 0 bridgehead atoms. The molecule has 1 aliphatic carbocycles. The van der Waals surface area contributed by atoms with Crippen molar-refractivity contribution < 1.29 is 4.74 Å². The van der Waals surface area contributed by atoms with Crippen molar-refractivity contribution in [1.29, 1.82) is 0 Å².